The molecule has 0 saturated carbocycles. The zero-order chi connectivity index (χ0) is 12.3. The molecule has 2 rings (SSSR count). The number of rotatable bonds is 1. The van der Waals surface area contributed by atoms with E-state index in [4.69, 9.17) is 0 Å². The first-order valence-corrected chi connectivity index (χ1v) is 5.15. The van der Waals surface area contributed by atoms with Crippen LogP contribution in [0.15, 0.2) is 18.2 Å². The Hall–Kier alpha value is -1.45. The maximum absolute atomic E-state index is 12.9. The van der Waals surface area contributed by atoms with E-state index in [2.05, 4.69) is 4.98 Å². The number of halogens is 3. The van der Waals surface area contributed by atoms with Gasteiger partial charge >= 0.3 is 0 Å². The normalized spacial score (nSPS) is 10.4. The lowest BCUT2D eigenvalue weighted by molar-refractivity contribution is 0.152. The topological polar surface area (TPSA) is 15.8 Å². The molecule has 1 aromatic heterocycles. The summed E-state index contributed by atoms with van der Waals surface area (Å²) < 4.78 is 37.9. The van der Waals surface area contributed by atoms with Gasteiger partial charge in [0, 0.05) is 22.2 Å². The highest BCUT2D eigenvalue weighted by molar-refractivity contribution is 5.84. The summed E-state index contributed by atoms with van der Waals surface area (Å²) in [7, 11) is 0. The molecule has 0 saturated heterocycles. The van der Waals surface area contributed by atoms with Crippen molar-refractivity contribution in [3.63, 3.8) is 0 Å². The van der Waals surface area contributed by atoms with Crippen LogP contribution < -0.4 is 0 Å². The smallest absolute Gasteiger partial charge is 0.264 e. The van der Waals surface area contributed by atoms with Crippen LogP contribution in [0.1, 0.15) is 31.5 Å². The van der Waals surface area contributed by atoms with Crippen molar-refractivity contribution in [3.05, 3.63) is 35.3 Å². The van der Waals surface area contributed by atoms with Gasteiger partial charge < -0.3 is 4.98 Å². The third-order valence-electron chi connectivity index (χ3n) is 2.10. The van der Waals surface area contributed by atoms with Crippen LogP contribution in [0.2, 0.25) is 0 Å². The molecule has 1 heterocycles. The van der Waals surface area contributed by atoms with Gasteiger partial charge in [-0.25, -0.2) is 13.2 Å². The number of aryl methyl sites for hydroxylation is 1. The van der Waals surface area contributed by atoms with E-state index in [-0.39, 0.29) is 5.56 Å². The van der Waals surface area contributed by atoms with Gasteiger partial charge in [-0.1, -0.05) is 13.8 Å². The SMILES string of the molecule is CC.Cc1cc2c(C(F)F)cc(F)cc2[nH]1. The van der Waals surface area contributed by atoms with Gasteiger partial charge in [0.1, 0.15) is 5.82 Å². The van der Waals surface area contributed by atoms with Gasteiger partial charge in [-0.2, -0.15) is 0 Å². The zero-order valence-electron chi connectivity index (χ0n) is 9.44. The van der Waals surface area contributed by atoms with Crippen LogP contribution in [0, 0.1) is 12.7 Å². The van der Waals surface area contributed by atoms with E-state index in [0.29, 0.717) is 10.9 Å². The van der Waals surface area contributed by atoms with Crippen molar-refractivity contribution in [3.8, 4) is 0 Å². The molecule has 0 aliphatic rings. The second kappa shape index (κ2) is 5.05. The van der Waals surface area contributed by atoms with E-state index >= 15 is 0 Å². The molecule has 0 fully saturated rings. The molecule has 16 heavy (non-hydrogen) atoms. The lowest BCUT2D eigenvalue weighted by atomic mass is 10.1. The minimum atomic E-state index is -2.65. The van der Waals surface area contributed by atoms with E-state index in [1.807, 2.05) is 13.8 Å². The molecule has 0 unspecified atom stereocenters. The minimum absolute atomic E-state index is 0.260. The summed E-state index contributed by atoms with van der Waals surface area (Å²) >= 11 is 0. The minimum Gasteiger partial charge on any atom is -0.359 e. The number of aromatic nitrogens is 1. The van der Waals surface area contributed by atoms with E-state index in [9.17, 15) is 13.2 Å². The van der Waals surface area contributed by atoms with Crippen molar-refractivity contribution in [2.24, 2.45) is 0 Å². The first-order valence-electron chi connectivity index (χ1n) is 5.15. The number of nitrogens with one attached hydrogen (secondary N) is 1. The molecule has 0 atom stereocenters. The van der Waals surface area contributed by atoms with Gasteiger partial charge in [-0.05, 0) is 25.1 Å². The standard InChI is InChI=1S/C10H8F3N.C2H6/c1-5-2-7-8(10(12)13)3-6(11)4-9(7)14-5;1-2/h2-4,10,14H,1H3;1-2H3. The number of benzene rings is 1. The molecular weight excluding hydrogens is 215 g/mol. The summed E-state index contributed by atoms with van der Waals surface area (Å²) in [4.78, 5) is 2.82. The summed E-state index contributed by atoms with van der Waals surface area (Å²) in [6.07, 6.45) is -2.65. The van der Waals surface area contributed by atoms with Gasteiger partial charge in [0.25, 0.3) is 6.43 Å². The first kappa shape index (κ1) is 12.6. The van der Waals surface area contributed by atoms with Crippen molar-refractivity contribution in [1.29, 1.82) is 0 Å². The average molecular weight is 229 g/mol. The number of alkyl halides is 2. The van der Waals surface area contributed by atoms with Crippen LogP contribution in [0.3, 0.4) is 0 Å². The Kier molecular flexibility index (Phi) is 3.99. The van der Waals surface area contributed by atoms with Crippen molar-refractivity contribution in [2.45, 2.75) is 27.2 Å². The fraction of sp³-hybridized carbons (Fsp3) is 0.333. The highest BCUT2D eigenvalue weighted by Gasteiger charge is 2.14. The predicted molar refractivity (Wildman–Crippen MR) is 59.3 cm³/mol. The molecule has 0 aliphatic carbocycles. The molecule has 4 heteroatoms. The molecule has 1 aromatic carbocycles. The average Bonchev–Trinajstić information content (AvgIpc) is 2.59. The summed E-state index contributed by atoms with van der Waals surface area (Å²) in [5, 5.41) is 0.388. The number of H-pyrrole nitrogens is 1. The Morgan fingerprint density at radius 1 is 1.12 bits per heavy atom. The summed E-state index contributed by atoms with van der Waals surface area (Å²) in [6, 6.07) is 3.69. The summed E-state index contributed by atoms with van der Waals surface area (Å²) in [5.74, 6) is -0.644. The largest absolute Gasteiger partial charge is 0.359 e. The second-order valence-electron chi connectivity index (χ2n) is 3.21. The Labute approximate surface area is 92.3 Å². The third-order valence-corrected chi connectivity index (χ3v) is 2.10. The van der Waals surface area contributed by atoms with Crippen LogP contribution in [0.4, 0.5) is 13.2 Å². The molecular formula is C12H14F3N. The Morgan fingerprint density at radius 2 is 1.75 bits per heavy atom. The third kappa shape index (κ3) is 2.38. The number of hydrogen-bond donors (Lipinski definition) is 1. The van der Waals surface area contributed by atoms with Gasteiger partial charge in [0.15, 0.2) is 0 Å². The molecule has 0 bridgehead atoms. The maximum Gasteiger partial charge on any atom is 0.264 e. The number of hydrogen-bond acceptors (Lipinski definition) is 0. The molecule has 0 aliphatic heterocycles. The van der Waals surface area contributed by atoms with Crippen LogP contribution in [-0.4, -0.2) is 4.98 Å². The van der Waals surface area contributed by atoms with Gasteiger partial charge in [0.05, 0.1) is 0 Å². The Balaban J connectivity index is 0.000000606. The Morgan fingerprint density at radius 3 is 2.31 bits per heavy atom. The van der Waals surface area contributed by atoms with Crippen LogP contribution in [0.25, 0.3) is 10.9 Å². The van der Waals surface area contributed by atoms with Gasteiger partial charge in [-0.3, -0.25) is 0 Å². The Bertz CT molecular complexity index is 474. The van der Waals surface area contributed by atoms with Gasteiger partial charge in [0.2, 0.25) is 0 Å². The second-order valence-corrected chi connectivity index (χ2v) is 3.21. The molecule has 0 spiro atoms. The highest BCUT2D eigenvalue weighted by atomic mass is 19.3. The van der Waals surface area contributed by atoms with Crippen LogP contribution >= 0.6 is 0 Å². The van der Waals surface area contributed by atoms with Gasteiger partial charge in [-0.15, -0.1) is 0 Å². The van der Waals surface area contributed by atoms with Crippen molar-refractivity contribution in [1.82, 2.24) is 4.98 Å². The van der Waals surface area contributed by atoms with E-state index < -0.39 is 12.2 Å². The lowest BCUT2D eigenvalue weighted by Gasteiger charge is -2.01. The highest BCUT2D eigenvalue weighted by Crippen LogP contribution is 2.29. The molecule has 0 radical (unpaired) electrons. The quantitative estimate of drug-likeness (QED) is 0.736. The van der Waals surface area contributed by atoms with Crippen molar-refractivity contribution >= 4 is 10.9 Å². The van der Waals surface area contributed by atoms with E-state index in [0.717, 1.165) is 11.8 Å². The van der Waals surface area contributed by atoms with Crippen LogP contribution in [-0.2, 0) is 0 Å². The fourth-order valence-electron chi connectivity index (χ4n) is 1.55. The molecule has 0 amide bonds. The van der Waals surface area contributed by atoms with Crippen molar-refractivity contribution in [2.75, 3.05) is 0 Å². The monoisotopic (exact) mass is 229 g/mol. The van der Waals surface area contributed by atoms with E-state index in [1.54, 1.807) is 13.0 Å². The first-order chi connectivity index (χ1) is 7.58. The number of fused-ring (bicyclic) bond motifs is 1. The van der Waals surface area contributed by atoms with E-state index in [1.165, 1.54) is 6.07 Å². The molecule has 2 aromatic rings. The predicted octanol–water partition coefficient (Wildman–Crippen LogP) is 4.58. The summed E-state index contributed by atoms with van der Waals surface area (Å²) in [6.45, 7) is 5.74. The number of aromatic amines is 1. The molecule has 1 N–H and O–H groups in total. The van der Waals surface area contributed by atoms with Crippen molar-refractivity contribution < 1.29 is 13.2 Å². The maximum atomic E-state index is 12.9. The zero-order valence-corrected chi connectivity index (χ0v) is 9.44. The van der Waals surface area contributed by atoms with Crippen LogP contribution in [0.5, 0.6) is 0 Å². The fourth-order valence-corrected chi connectivity index (χ4v) is 1.55. The molecule has 88 valence electrons. The lowest BCUT2D eigenvalue weighted by Crippen LogP contribution is -1.87. The summed E-state index contributed by atoms with van der Waals surface area (Å²) in [5.41, 5.74) is 0.898. The molecule has 1 nitrogen and oxygen atoms in total.